The number of aromatic nitrogens is 1. The highest BCUT2D eigenvalue weighted by atomic mass is 35.5. The number of rotatable bonds is 9. The van der Waals surface area contributed by atoms with Gasteiger partial charge in [0.1, 0.15) is 5.71 Å². The average Bonchev–Trinajstić information content (AvgIpc) is 3.15. The number of fused-ring (bicyclic) bond motifs is 1. The van der Waals surface area contributed by atoms with Gasteiger partial charge in [0.2, 0.25) is 0 Å². The molecular weight excluding hydrogens is 398 g/mol. The first-order chi connectivity index (χ1) is 14.5. The smallest absolute Gasteiger partial charge is 0.337 e. The number of nitrogens with one attached hydrogen (secondary N) is 1. The van der Waals surface area contributed by atoms with E-state index in [4.69, 9.17) is 16.3 Å². The Kier molecular flexibility index (Phi) is 11.1. The predicted octanol–water partition coefficient (Wildman–Crippen LogP) is 6.86. The number of aliphatic imine (C=N–C) groups is 2. The fourth-order valence-electron chi connectivity index (χ4n) is 3.62. The summed E-state index contributed by atoms with van der Waals surface area (Å²) in [6.45, 7) is 12.1. The maximum atomic E-state index is 12.0. The molecule has 1 aromatic carbocycles. The van der Waals surface area contributed by atoms with Gasteiger partial charge in [0.15, 0.2) is 5.17 Å². The Hall–Kier alpha value is -2.40. The number of methoxy groups -OCH3 is 1. The molecule has 0 radical (unpaired) electrons. The van der Waals surface area contributed by atoms with E-state index in [-0.39, 0.29) is 5.97 Å². The number of carbonyl (C=O) groups is 1. The number of benzene rings is 1. The van der Waals surface area contributed by atoms with Crippen molar-refractivity contribution in [3.8, 4) is 0 Å². The first-order valence-corrected chi connectivity index (χ1v) is 11.0. The van der Waals surface area contributed by atoms with Gasteiger partial charge in [-0.25, -0.2) is 4.79 Å². The van der Waals surface area contributed by atoms with Crippen LogP contribution in [0.4, 0.5) is 0 Å². The standard InChI is InChI=1S/C22H28ClN3O2.C2H6/c1-6-9-14(10-7-2)18-16-12-11-15(22(27)28-5)13-17(16)26-19(18)20(25-8-3)21(23)24-4;1-2/h8,11-14,26H,3,6-7,9-10H2,1-2,4-5H3;1-2H3. The lowest BCUT2D eigenvalue weighted by Crippen LogP contribution is -2.14. The van der Waals surface area contributed by atoms with Gasteiger partial charge < -0.3 is 9.72 Å². The Morgan fingerprint density at radius 1 is 1.27 bits per heavy atom. The molecule has 0 atom stereocenters. The number of nitrogens with zero attached hydrogens (tertiary/aromatic N) is 2. The highest BCUT2D eigenvalue weighted by molar-refractivity contribution is 6.85. The largest absolute Gasteiger partial charge is 0.465 e. The van der Waals surface area contributed by atoms with Crippen molar-refractivity contribution in [1.29, 1.82) is 0 Å². The maximum absolute atomic E-state index is 12.0. The van der Waals surface area contributed by atoms with Gasteiger partial charge in [-0.05, 0) is 36.5 Å². The van der Waals surface area contributed by atoms with Crippen LogP contribution in [0.2, 0.25) is 0 Å². The molecule has 0 amide bonds. The van der Waals surface area contributed by atoms with Crippen molar-refractivity contribution in [3.63, 3.8) is 0 Å². The van der Waals surface area contributed by atoms with Crippen LogP contribution in [-0.4, -0.2) is 36.0 Å². The molecule has 0 spiro atoms. The molecule has 1 heterocycles. The lowest BCUT2D eigenvalue weighted by Gasteiger charge is -2.18. The van der Waals surface area contributed by atoms with Crippen molar-refractivity contribution in [1.82, 2.24) is 4.98 Å². The van der Waals surface area contributed by atoms with E-state index in [1.165, 1.54) is 13.3 Å². The minimum Gasteiger partial charge on any atom is -0.465 e. The molecule has 0 aliphatic rings. The number of ether oxygens (including phenoxy) is 1. The van der Waals surface area contributed by atoms with Crippen molar-refractivity contribution in [2.75, 3.05) is 14.2 Å². The summed E-state index contributed by atoms with van der Waals surface area (Å²) in [5, 5.41) is 1.37. The van der Waals surface area contributed by atoms with Crippen LogP contribution in [0.1, 0.15) is 80.9 Å². The summed E-state index contributed by atoms with van der Waals surface area (Å²) in [4.78, 5) is 23.9. The monoisotopic (exact) mass is 431 g/mol. The van der Waals surface area contributed by atoms with Crippen LogP contribution in [0, 0.1) is 0 Å². The molecule has 1 aromatic heterocycles. The lowest BCUT2D eigenvalue weighted by molar-refractivity contribution is 0.0601. The minimum atomic E-state index is -0.369. The molecule has 30 heavy (non-hydrogen) atoms. The van der Waals surface area contributed by atoms with E-state index in [1.807, 2.05) is 26.0 Å². The number of hydrogen-bond donors (Lipinski definition) is 1. The Balaban J connectivity index is 0.00000218. The van der Waals surface area contributed by atoms with Crippen molar-refractivity contribution in [2.24, 2.45) is 9.98 Å². The number of hydrogen-bond acceptors (Lipinski definition) is 4. The summed E-state index contributed by atoms with van der Waals surface area (Å²) in [6.07, 6.45) is 5.71. The van der Waals surface area contributed by atoms with E-state index in [9.17, 15) is 4.79 Å². The summed E-state index contributed by atoms with van der Waals surface area (Å²) in [5.74, 6) is -0.0227. The number of esters is 1. The summed E-state index contributed by atoms with van der Waals surface area (Å²) >= 11 is 6.38. The highest BCUT2D eigenvalue weighted by Gasteiger charge is 2.25. The van der Waals surface area contributed by atoms with Gasteiger partial charge in [-0.15, -0.1) is 0 Å². The van der Waals surface area contributed by atoms with Crippen LogP contribution in [0.5, 0.6) is 0 Å². The fraction of sp³-hybridized carbons (Fsp3) is 0.458. The molecule has 6 heteroatoms. The zero-order chi connectivity index (χ0) is 22.7. The molecule has 0 fully saturated rings. The Labute approximate surface area is 185 Å². The molecule has 0 saturated heterocycles. The quantitative estimate of drug-likeness (QED) is 0.348. The topological polar surface area (TPSA) is 66.8 Å². The van der Waals surface area contributed by atoms with E-state index in [0.29, 0.717) is 22.4 Å². The van der Waals surface area contributed by atoms with Crippen molar-refractivity contribution < 1.29 is 9.53 Å². The van der Waals surface area contributed by atoms with Gasteiger partial charge in [-0.1, -0.05) is 64.8 Å². The second-order valence-electron chi connectivity index (χ2n) is 6.61. The second kappa shape index (κ2) is 13.0. The van der Waals surface area contributed by atoms with Crippen LogP contribution in [0.15, 0.2) is 41.0 Å². The fourth-order valence-corrected chi connectivity index (χ4v) is 3.77. The first-order valence-electron chi connectivity index (χ1n) is 10.6. The lowest BCUT2D eigenvalue weighted by atomic mass is 9.87. The number of carbonyl (C=O) groups excluding carboxylic acids is 1. The normalized spacial score (nSPS) is 12.0. The third kappa shape index (κ3) is 5.82. The van der Waals surface area contributed by atoms with Crippen molar-refractivity contribution in [3.05, 3.63) is 47.8 Å². The average molecular weight is 432 g/mol. The summed E-state index contributed by atoms with van der Waals surface area (Å²) in [6, 6.07) is 5.58. The number of aromatic amines is 1. The van der Waals surface area contributed by atoms with E-state index < -0.39 is 0 Å². The molecule has 0 saturated carbocycles. The Morgan fingerprint density at radius 2 is 1.90 bits per heavy atom. The van der Waals surface area contributed by atoms with Crippen LogP contribution in [0.25, 0.3) is 10.9 Å². The van der Waals surface area contributed by atoms with E-state index in [2.05, 4.69) is 35.4 Å². The second-order valence-corrected chi connectivity index (χ2v) is 6.97. The minimum absolute atomic E-state index is 0.313. The zero-order valence-electron chi connectivity index (χ0n) is 19.0. The molecule has 0 aliphatic heterocycles. The Morgan fingerprint density at radius 3 is 2.40 bits per heavy atom. The molecule has 0 unspecified atom stereocenters. The molecule has 5 nitrogen and oxygen atoms in total. The van der Waals surface area contributed by atoms with Gasteiger partial charge in [0.05, 0.1) is 18.4 Å². The van der Waals surface area contributed by atoms with Crippen LogP contribution < -0.4 is 0 Å². The summed E-state index contributed by atoms with van der Waals surface area (Å²) in [5.41, 5.74) is 3.90. The van der Waals surface area contributed by atoms with Crippen LogP contribution in [-0.2, 0) is 4.74 Å². The van der Waals surface area contributed by atoms with E-state index in [0.717, 1.165) is 47.8 Å². The maximum Gasteiger partial charge on any atom is 0.337 e. The third-order valence-corrected chi connectivity index (χ3v) is 5.14. The highest BCUT2D eigenvalue weighted by Crippen LogP contribution is 2.36. The summed E-state index contributed by atoms with van der Waals surface area (Å²) in [7, 11) is 3.01. The Bertz CT molecular complexity index is 907. The van der Waals surface area contributed by atoms with E-state index in [1.54, 1.807) is 13.1 Å². The molecule has 0 bridgehead atoms. The molecule has 1 N–H and O–H groups in total. The summed E-state index contributed by atoms with van der Waals surface area (Å²) < 4.78 is 4.86. The van der Waals surface area contributed by atoms with Crippen LogP contribution >= 0.6 is 11.6 Å². The van der Waals surface area contributed by atoms with Gasteiger partial charge in [0.25, 0.3) is 0 Å². The van der Waals surface area contributed by atoms with Gasteiger partial charge in [0, 0.05) is 24.2 Å². The van der Waals surface area contributed by atoms with Crippen molar-refractivity contribution >= 4 is 39.4 Å². The van der Waals surface area contributed by atoms with Gasteiger partial charge in [-0.2, -0.15) is 0 Å². The molecule has 2 rings (SSSR count). The van der Waals surface area contributed by atoms with Gasteiger partial charge in [-0.3, -0.25) is 9.98 Å². The zero-order valence-corrected chi connectivity index (χ0v) is 19.8. The van der Waals surface area contributed by atoms with Crippen molar-refractivity contribution in [2.45, 2.75) is 59.3 Å². The van der Waals surface area contributed by atoms with Crippen LogP contribution in [0.3, 0.4) is 0 Å². The molecule has 2 aromatic rings. The molecular formula is C24H34ClN3O2. The first kappa shape index (κ1) is 25.6. The number of H-pyrrole nitrogens is 1. The SMILES string of the molecule is C=CN=C(C(Cl)=NC)c1[nH]c2cc(C(=O)OC)ccc2c1C(CCC)CCC.CC. The molecule has 0 aliphatic carbocycles. The number of halogens is 1. The van der Waals surface area contributed by atoms with E-state index >= 15 is 0 Å². The third-order valence-electron chi connectivity index (χ3n) is 4.79. The van der Waals surface area contributed by atoms with Gasteiger partial charge >= 0.3 is 5.97 Å². The predicted molar refractivity (Wildman–Crippen MR) is 129 cm³/mol. The molecule has 164 valence electrons.